The Kier molecular flexibility index (Phi) is 5.68. The highest BCUT2D eigenvalue weighted by molar-refractivity contribution is 7.99. The lowest BCUT2D eigenvalue weighted by molar-refractivity contribution is -0.387. The third-order valence-corrected chi connectivity index (χ3v) is 3.52. The van der Waals surface area contributed by atoms with E-state index in [0.29, 0.717) is 0 Å². The van der Waals surface area contributed by atoms with Crippen molar-refractivity contribution in [2.75, 3.05) is 5.75 Å². The van der Waals surface area contributed by atoms with E-state index in [9.17, 15) is 19.7 Å². The molecule has 1 atom stereocenters. The molecule has 0 unspecified atom stereocenters. The number of hydrogen-bond acceptors (Lipinski definition) is 6. The van der Waals surface area contributed by atoms with Gasteiger partial charge in [-0.05, 0) is 12.1 Å². The topological polar surface area (TPSA) is 133 Å². The Labute approximate surface area is 123 Å². The van der Waals surface area contributed by atoms with E-state index in [1.54, 1.807) is 6.07 Å². The molecule has 1 amide bonds. The van der Waals surface area contributed by atoms with Gasteiger partial charge in [0.2, 0.25) is 5.91 Å². The summed E-state index contributed by atoms with van der Waals surface area (Å²) in [4.78, 5) is 32.4. The van der Waals surface area contributed by atoms with Crippen LogP contribution in [-0.4, -0.2) is 33.7 Å². The molecule has 110 valence electrons. The van der Waals surface area contributed by atoms with Gasteiger partial charge in [-0.1, -0.05) is 0 Å². The van der Waals surface area contributed by atoms with Crippen LogP contribution in [0.2, 0.25) is 0 Å². The van der Waals surface area contributed by atoms with Crippen LogP contribution in [0.1, 0.15) is 12.5 Å². The number of carboxylic acid groups (broad SMARTS) is 1. The number of carbonyl (C=O) groups is 2. The first-order valence-corrected chi connectivity index (χ1v) is 6.65. The third-order valence-electron chi connectivity index (χ3n) is 2.37. The molecule has 0 spiro atoms. The van der Waals surface area contributed by atoms with Crippen molar-refractivity contribution in [3.05, 3.63) is 33.9 Å². The second-order valence-corrected chi connectivity index (χ2v) is 5.02. The highest BCUT2D eigenvalue weighted by atomic mass is 32.2. The van der Waals surface area contributed by atoms with Crippen LogP contribution in [0.15, 0.2) is 23.1 Å². The van der Waals surface area contributed by atoms with Crippen molar-refractivity contribution in [1.82, 2.24) is 5.32 Å². The standard InChI is InChI=1S/C12H11N3O5S/c1-7(16)14-9(12(17)18)6-21-11-3-2-8(5-13)4-10(11)15(19)20/h2-4,9H,6H2,1H3,(H,14,16)(H,17,18)/t9-/m0/s1. The van der Waals surface area contributed by atoms with Gasteiger partial charge in [0.05, 0.1) is 21.5 Å². The lowest BCUT2D eigenvalue weighted by Gasteiger charge is -2.12. The van der Waals surface area contributed by atoms with Gasteiger partial charge in [0, 0.05) is 18.7 Å². The van der Waals surface area contributed by atoms with Gasteiger partial charge in [0.1, 0.15) is 6.04 Å². The van der Waals surface area contributed by atoms with Crippen molar-refractivity contribution in [2.45, 2.75) is 17.9 Å². The predicted octanol–water partition coefficient (Wildman–Crippen LogP) is 1.15. The van der Waals surface area contributed by atoms with E-state index >= 15 is 0 Å². The van der Waals surface area contributed by atoms with E-state index in [-0.39, 0.29) is 21.9 Å². The van der Waals surface area contributed by atoms with Crippen molar-refractivity contribution in [1.29, 1.82) is 5.26 Å². The Hall–Kier alpha value is -2.60. The smallest absolute Gasteiger partial charge is 0.327 e. The zero-order valence-corrected chi connectivity index (χ0v) is 11.7. The van der Waals surface area contributed by atoms with Crippen LogP contribution in [0.5, 0.6) is 0 Å². The van der Waals surface area contributed by atoms with Crippen molar-refractivity contribution >= 4 is 29.3 Å². The van der Waals surface area contributed by atoms with Crippen LogP contribution in [0.25, 0.3) is 0 Å². The third kappa shape index (κ3) is 4.77. The molecule has 8 nitrogen and oxygen atoms in total. The maximum absolute atomic E-state index is 11.0. The minimum absolute atomic E-state index is 0.0678. The number of benzene rings is 1. The van der Waals surface area contributed by atoms with Gasteiger partial charge in [0.25, 0.3) is 5.69 Å². The molecule has 0 heterocycles. The van der Waals surface area contributed by atoms with Gasteiger partial charge in [-0.25, -0.2) is 4.79 Å². The predicted molar refractivity (Wildman–Crippen MR) is 73.8 cm³/mol. The second-order valence-electron chi connectivity index (χ2n) is 3.95. The monoisotopic (exact) mass is 309 g/mol. The average Bonchev–Trinajstić information content (AvgIpc) is 2.42. The van der Waals surface area contributed by atoms with Gasteiger partial charge < -0.3 is 10.4 Å². The molecule has 0 aliphatic carbocycles. The fourth-order valence-corrected chi connectivity index (χ4v) is 2.46. The fourth-order valence-electron chi connectivity index (χ4n) is 1.44. The van der Waals surface area contributed by atoms with Crippen LogP contribution >= 0.6 is 11.8 Å². The van der Waals surface area contributed by atoms with Crippen LogP contribution in [0.4, 0.5) is 5.69 Å². The molecule has 0 aromatic heterocycles. The van der Waals surface area contributed by atoms with Crippen LogP contribution in [0.3, 0.4) is 0 Å². The largest absolute Gasteiger partial charge is 0.480 e. The van der Waals surface area contributed by atoms with Crippen LogP contribution in [-0.2, 0) is 9.59 Å². The van der Waals surface area contributed by atoms with E-state index in [0.717, 1.165) is 17.8 Å². The molecule has 0 saturated carbocycles. The maximum Gasteiger partial charge on any atom is 0.327 e. The number of rotatable bonds is 6. The van der Waals surface area contributed by atoms with Crippen LogP contribution < -0.4 is 5.32 Å². The fraction of sp³-hybridized carbons (Fsp3) is 0.250. The lowest BCUT2D eigenvalue weighted by atomic mass is 10.2. The lowest BCUT2D eigenvalue weighted by Crippen LogP contribution is -2.41. The molecule has 1 aromatic carbocycles. The van der Waals surface area contributed by atoms with Crippen molar-refractivity contribution < 1.29 is 19.6 Å². The number of amides is 1. The van der Waals surface area contributed by atoms with E-state index < -0.39 is 22.8 Å². The summed E-state index contributed by atoms with van der Waals surface area (Å²) in [7, 11) is 0. The zero-order valence-electron chi connectivity index (χ0n) is 10.9. The minimum atomic E-state index is -1.23. The number of nitrogens with zero attached hydrogens (tertiary/aromatic N) is 2. The van der Waals surface area contributed by atoms with E-state index in [1.807, 2.05) is 0 Å². The quantitative estimate of drug-likeness (QED) is 0.457. The Morgan fingerprint density at radius 3 is 2.71 bits per heavy atom. The number of hydrogen-bond donors (Lipinski definition) is 2. The van der Waals surface area contributed by atoms with E-state index in [1.165, 1.54) is 19.1 Å². The summed E-state index contributed by atoms with van der Waals surface area (Å²) in [6.07, 6.45) is 0. The summed E-state index contributed by atoms with van der Waals surface area (Å²) in [5.74, 6) is -1.80. The highest BCUT2D eigenvalue weighted by Gasteiger charge is 2.21. The molecule has 21 heavy (non-hydrogen) atoms. The average molecular weight is 309 g/mol. The number of carboxylic acids is 1. The molecule has 0 radical (unpaired) electrons. The molecule has 2 N–H and O–H groups in total. The van der Waals surface area contributed by atoms with E-state index in [2.05, 4.69) is 5.32 Å². The second kappa shape index (κ2) is 7.25. The molecule has 1 aromatic rings. The minimum Gasteiger partial charge on any atom is -0.480 e. The molecule has 0 aliphatic rings. The highest BCUT2D eigenvalue weighted by Crippen LogP contribution is 2.30. The first kappa shape index (κ1) is 16.5. The Bertz CT molecular complexity index is 626. The molecule has 0 bridgehead atoms. The summed E-state index contributed by atoms with van der Waals surface area (Å²) in [6.45, 7) is 1.19. The number of carbonyl (C=O) groups excluding carboxylic acids is 1. The summed E-state index contributed by atoms with van der Waals surface area (Å²) >= 11 is 0.926. The molecular formula is C12H11N3O5S. The number of aliphatic carboxylic acids is 1. The van der Waals surface area contributed by atoms with E-state index in [4.69, 9.17) is 10.4 Å². The summed E-state index contributed by atoms with van der Waals surface area (Å²) < 4.78 is 0. The number of nitro groups is 1. The number of nitriles is 1. The molecule has 0 saturated heterocycles. The first-order valence-electron chi connectivity index (χ1n) is 5.66. The van der Waals surface area contributed by atoms with Crippen molar-refractivity contribution in [3.63, 3.8) is 0 Å². The van der Waals surface area contributed by atoms with Gasteiger partial charge in [-0.15, -0.1) is 11.8 Å². The Balaban J connectivity index is 2.92. The van der Waals surface area contributed by atoms with Crippen molar-refractivity contribution in [2.24, 2.45) is 0 Å². The van der Waals surface area contributed by atoms with Gasteiger partial charge in [-0.2, -0.15) is 5.26 Å². The molecular weight excluding hydrogens is 298 g/mol. The molecule has 0 aliphatic heterocycles. The summed E-state index contributed by atoms with van der Waals surface area (Å²) in [5.41, 5.74) is -0.131. The number of nitro benzene ring substituents is 1. The Morgan fingerprint density at radius 1 is 1.57 bits per heavy atom. The number of thioether (sulfide) groups is 1. The van der Waals surface area contributed by atoms with Gasteiger partial charge in [-0.3, -0.25) is 14.9 Å². The maximum atomic E-state index is 11.0. The van der Waals surface area contributed by atoms with Crippen molar-refractivity contribution in [3.8, 4) is 6.07 Å². The van der Waals surface area contributed by atoms with Gasteiger partial charge in [0.15, 0.2) is 0 Å². The Morgan fingerprint density at radius 2 is 2.24 bits per heavy atom. The van der Waals surface area contributed by atoms with Gasteiger partial charge >= 0.3 is 5.97 Å². The first-order chi connectivity index (χ1) is 9.85. The van der Waals surface area contributed by atoms with Crippen LogP contribution in [0, 0.1) is 21.4 Å². The zero-order chi connectivity index (χ0) is 16.0. The summed E-state index contributed by atoms with van der Waals surface area (Å²) in [5, 5.41) is 30.9. The SMILES string of the molecule is CC(=O)N[C@@H](CSc1ccc(C#N)cc1[N+](=O)[O-])C(=O)O. The molecule has 9 heteroatoms. The molecule has 0 fully saturated rings. The number of nitrogens with one attached hydrogen (secondary N) is 1. The molecule has 1 rings (SSSR count). The summed E-state index contributed by atoms with van der Waals surface area (Å²) in [6, 6.07) is 4.55. The normalized spacial score (nSPS) is 11.2.